The highest BCUT2D eigenvalue weighted by Crippen LogP contribution is 2.29. The third-order valence-electron chi connectivity index (χ3n) is 7.73. The molecule has 2 saturated heterocycles. The molecule has 3 aromatic rings. The van der Waals surface area contributed by atoms with Crippen LogP contribution in [-0.2, 0) is 6.54 Å². The number of allylic oxidation sites excluding steroid dienone is 1. The molecule has 2 aliphatic rings. The maximum atomic E-state index is 15.1. The number of aromatic amines is 1. The minimum absolute atomic E-state index is 0.0989. The number of anilines is 2. The van der Waals surface area contributed by atoms with Crippen LogP contribution in [0.25, 0.3) is 17.7 Å². The quantitative estimate of drug-likeness (QED) is 0.391. The van der Waals surface area contributed by atoms with Crippen molar-refractivity contribution in [1.82, 2.24) is 20.0 Å². The van der Waals surface area contributed by atoms with E-state index in [4.69, 9.17) is 0 Å². The molecule has 2 fully saturated rings. The molecular formula is C31H36F2N6O. The average molecular weight is 547 g/mol. The first kappa shape index (κ1) is 27.7. The maximum Gasteiger partial charge on any atom is 0.256 e. The molecule has 0 atom stereocenters. The van der Waals surface area contributed by atoms with Gasteiger partial charge in [0.05, 0.1) is 5.69 Å². The Bertz CT molecular complexity index is 1380. The van der Waals surface area contributed by atoms with E-state index in [1.807, 2.05) is 12.1 Å². The molecule has 2 N–H and O–H groups in total. The second kappa shape index (κ2) is 12.1. The van der Waals surface area contributed by atoms with Crippen molar-refractivity contribution in [2.75, 3.05) is 56.5 Å². The van der Waals surface area contributed by atoms with Gasteiger partial charge >= 0.3 is 0 Å². The molecule has 40 heavy (non-hydrogen) atoms. The molecule has 210 valence electrons. The number of aromatic nitrogens is 2. The minimum atomic E-state index is -0.613. The maximum absolute atomic E-state index is 15.1. The molecule has 7 nitrogen and oxygen atoms in total. The highest BCUT2D eigenvalue weighted by Gasteiger charge is 2.20. The van der Waals surface area contributed by atoms with Crippen LogP contribution in [0.2, 0.25) is 0 Å². The van der Waals surface area contributed by atoms with Crippen LogP contribution in [0.5, 0.6) is 0 Å². The van der Waals surface area contributed by atoms with Gasteiger partial charge in [-0.25, -0.2) is 8.78 Å². The Hall–Kier alpha value is -3.82. The number of piperazine rings is 1. The summed E-state index contributed by atoms with van der Waals surface area (Å²) in [6.45, 7) is 11.8. The van der Waals surface area contributed by atoms with Crippen molar-refractivity contribution >= 4 is 35.1 Å². The fraction of sp³-hybridized carbons (Fsp3) is 0.355. The smallest absolute Gasteiger partial charge is 0.256 e. The molecule has 3 heterocycles. The summed E-state index contributed by atoms with van der Waals surface area (Å²) in [5, 5.41) is 9.91. The summed E-state index contributed by atoms with van der Waals surface area (Å²) in [4.78, 5) is 19.9. The van der Waals surface area contributed by atoms with Crippen LogP contribution >= 0.6 is 0 Å². The normalized spacial score (nSPS) is 16.9. The summed E-state index contributed by atoms with van der Waals surface area (Å²) in [6, 6.07) is 10.3. The Balaban J connectivity index is 1.34. The summed E-state index contributed by atoms with van der Waals surface area (Å²) >= 11 is 0. The predicted molar refractivity (Wildman–Crippen MR) is 157 cm³/mol. The number of likely N-dealkylation sites (N-methyl/N-ethyl adjacent to an activating group) is 1. The Morgan fingerprint density at radius 1 is 1.05 bits per heavy atom. The van der Waals surface area contributed by atoms with Gasteiger partial charge in [0, 0.05) is 55.1 Å². The Labute approximate surface area is 234 Å². The Morgan fingerprint density at radius 3 is 2.33 bits per heavy atom. The number of H-pyrrole nitrogens is 1. The number of carbonyl (C=O) groups is 1. The highest BCUT2D eigenvalue weighted by molar-refractivity contribution is 6.05. The summed E-state index contributed by atoms with van der Waals surface area (Å²) in [5.41, 5.74) is 3.49. The van der Waals surface area contributed by atoms with Crippen LogP contribution < -0.4 is 10.2 Å². The molecule has 0 bridgehead atoms. The van der Waals surface area contributed by atoms with E-state index in [9.17, 15) is 4.79 Å². The monoisotopic (exact) mass is 546 g/mol. The van der Waals surface area contributed by atoms with Crippen molar-refractivity contribution in [1.29, 1.82) is 0 Å². The molecule has 2 aromatic carbocycles. The molecule has 0 saturated carbocycles. The fourth-order valence-electron chi connectivity index (χ4n) is 5.41. The summed E-state index contributed by atoms with van der Waals surface area (Å²) in [7, 11) is 2.11. The van der Waals surface area contributed by atoms with Crippen molar-refractivity contribution in [2.24, 2.45) is 0 Å². The van der Waals surface area contributed by atoms with E-state index < -0.39 is 11.6 Å². The summed E-state index contributed by atoms with van der Waals surface area (Å²) < 4.78 is 30.3. The predicted octanol–water partition coefficient (Wildman–Crippen LogP) is 5.49. The van der Waals surface area contributed by atoms with E-state index in [0.717, 1.165) is 57.8 Å². The molecule has 9 heteroatoms. The first-order valence-corrected chi connectivity index (χ1v) is 13.8. The van der Waals surface area contributed by atoms with Crippen LogP contribution in [0.3, 0.4) is 0 Å². The molecule has 1 aromatic heterocycles. The lowest BCUT2D eigenvalue weighted by atomic mass is 10.0. The van der Waals surface area contributed by atoms with E-state index in [2.05, 4.69) is 43.8 Å². The van der Waals surface area contributed by atoms with Crippen molar-refractivity contribution < 1.29 is 13.6 Å². The van der Waals surface area contributed by atoms with Gasteiger partial charge in [-0.05, 0) is 99.6 Å². The van der Waals surface area contributed by atoms with Crippen LogP contribution in [-0.4, -0.2) is 72.2 Å². The van der Waals surface area contributed by atoms with Crippen LogP contribution in [0.15, 0.2) is 43.0 Å². The number of likely N-dealkylation sites (tertiary alicyclic amines) is 1. The van der Waals surface area contributed by atoms with Gasteiger partial charge in [-0.3, -0.25) is 14.8 Å². The lowest BCUT2D eigenvalue weighted by Gasteiger charge is -2.34. The van der Waals surface area contributed by atoms with Gasteiger partial charge in [-0.15, -0.1) is 0 Å². The van der Waals surface area contributed by atoms with Gasteiger partial charge in [-0.2, -0.15) is 5.10 Å². The number of rotatable bonds is 8. The van der Waals surface area contributed by atoms with Gasteiger partial charge in [0.1, 0.15) is 11.6 Å². The molecular weight excluding hydrogens is 510 g/mol. The number of benzene rings is 2. The number of nitrogens with one attached hydrogen (secondary N) is 2. The zero-order chi connectivity index (χ0) is 28.2. The van der Waals surface area contributed by atoms with E-state index in [0.29, 0.717) is 34.5 Å². The molecule has 0 spiro atoms. The van der Waals surface area contributed by atoms with E-state index in [-0.39, 0.29) is 17.3 Å². The van der Waals surface area contributed by atoms with E-state index in [1.54, 1.807) is 31.2 Å². The molecule has 2 aliphatic heterocycles. The molecule has 0 aliphatic carbocycles. The van der Waals surface area contributed by atoms with Gasteiger partial charge < -0.3 is 15.1 Å². The molecule has 5 rings (SSSR count). The lowest BCUT2D eigenvalue weighted by Crippen LogP contribution is -2.44. The average Bonchev–Trinajstić information content (AvgIpc) is 3.58. The van der Waals surface area contributed by atoms with Crippen LogP contribution in [0, 0.1) is 11.6 Å². The summed E-state index contributed by atoms with van der Waals surface area (Å²) in [5.74, 6) is -1.30. The number of nitrogens with zero attached hydrogens (tertiary/aromatic N) is 4. The van der Waals surface area contributed by atoms with Gasteiger partial charge in [-0.1, -0.05) is 6.58 Å². The highest BCUT2D eigenvalue weighted by atomic mass is 19.1. The molecule has 1 amide bonds. The number of carbonyl (C=O) groups excluding carboxylic acids is 1. The Kier molecular flexibility index (Phi) is 8.42. The van der Waals surface area contributed by atoms with Crippen molar-refractivity contribution in [3.63, 3.8) is 0 Å². The zero-order valence-corrected chi connectivity index (χ0v) is 23.1. The first-order chi connectivity index (χ1) is 19.3. The molecule has 0 radical (unpaired) electrons. The SMILES string of the molecule is C=Cc1[nH]nc(NC(=O)c2ccc(N3CCN(C)CC3)cc2)c1/C=C(\C)c1c(F)cc(CN2CCCC2)cc1F. The molecule has 0 unspecified atom stereocenters. The van der Waals surface area contributed by atoms with Gasteiger partial charge in [0.15, 0.2) is 5.82 Å². The number of amides is 1. The van der Waals surface area contributed by atoms with Crippen LogP contribution in [0.4, 0.5) is 20.3 Å². The fourth-order valence-corrected chi connectivity index (χ4v) is 5.41. The number of hydrogen-bond acceptors (Lipinski definition) is 5. The minimum Gasteiger partial charge on any atom is -0.369 e. The first-order valence-electron chi connectivity index (χ1n) is 13.8. The van der Waals surface area contributed by atoms with Crippen molar-refractivity contribution in [3.05, 3.63) is 82.6 Å². The second-order valence-electron chi connectivity index (χ2n) is 10.6. The second-order valence-corrected chi connectivity index (χ2v) is 10.6. The van der Waals surface area contributed by atoms with Crippen molar-refractivity contribution in [2.45, 2.75) is 26.3 Å². The van der Waals surface area contributed by atoms with Gasteiger partial charge in [0.25, 0.3) is 5.91 Å². The standard InChI is InChI=1S/C31H36F2N6O/c1-4-28-25(17-21(2)29-26(32)18-22(19-27(29)33)20-38-11-5-6-12-38)30(36-35-28)34-31(40)23-7-9-24(10-8-23)39-15-13-37(3)14-16-39/h4,7-10,17-19H,1,5-6,11-16,20H2,2-3H3,(H2,34,35,36,40)/b21-17+. The zero-order valence-electron chi connectivity index (χ0n) is 23.1. The van der Waals surface area contributed by atoms with Gasteiger partial charge in [0.2, 0.25) is 0 Å². The lowest BCUT2D eigenvalue weighted by molar-refractivity contribution is 0.102. The van der Waals surface area contributed by atoms with Crippen molar-refractivity contribution in [3.8, 4) is 0 Å². The largest absolute Gasteiger partial charge is 0.369 e. The third kappa shape index (κ3) is 6.16. The third-order valence-corrected chi connectivity index (χ3v) is 7.73. The van der Waals surface area contributed by atoms with E-state index in [1.165, 1.54) is 12.1 Å². The van der Waals surface area contributed by atoms with E-state index >= 15 is 8.78 Å². The topological polar surface area (TPSA) is 67.5 Å². The number of hydrogen-bond donors (Lipinski definition) is 2. The van der Waals surface area contributed by atoms with Crippen LogP contribution in [0.1, 0.15) is 52.5 Å². The summed E-state index contributed by atoms with van der Waals surface area (Å²) in [6.07, 6.45) is 5.40. The Morgan fingerprint density at radius 2 is 1.70 bits per heavy atom. The number of halogens is 2.